The molecular formula is C32H47ClN4O3. The van der Waals surface area contributed by atoms with E-state index in [2.05, 4.69) is 20.9 Å². The van der Waals surface area contributed by atoms with E-state index < -0.39 is 5.66 Å². The second kappa shape index (κ2) is 12.9. The number of carbonyl (C=O) groups is 3. The zero-order valence-corrected chi connectivity index (χ0v) is 24.8. The Hall–Kier alpha value is -1.96. The average Bonchev–Trinajstić information content (AvgIpc) is 2.98. The highest BCUT2D eigenvalue weighted by Gasteiger charge is 2.48. The van der Waals surface area contributed by atoms with Gasteiger partial charge in [-0.2, -0.15) is 0 Å². The molecule has 2 heterocycles. The zero-order chi connectivity index (χ0) is 28.2. The number of carbonyl (C=O) groups excluding carboxylic acids is 3. The molecule has 2 amide bonds. The molecule has 0 bridgehead atoms. The van der Waals surface area contributed by atoms with Crippen molar-refractivity contribution in [3.05, 3.63) is 34.9 Å². The van der Waals surface area contributed by atoms with Gasteiger partial charge < -0.3 is 16.0 Å². The summed E-state index contributed by atoms with van der Waals surface area (Å²) < 4.78 is 0. The van der Waals surface area contributed by atoms with Gasteiger partial charge in [0, 0.05) is 37.0 Å². The first kappa shape index (κ1) is 29.5. The lowest BCUT2D eigenvalue weighted by Gasteiger charge is -2.52. The standard InChI is InChI=1S/C32H47ClN4O3/c1-23(39)35-31(27-9-3-2-4-10-27)15-17-37(18-16-31)32(22-38,20-24-11-13-28(33)14-12-24)36-30(40)29-19-25-7-5-6-8-26(25)21-34-29/h11-14,22,25-27,29,34H,2-10,15-21H2,1H3,(H,35,39)(H,36,40)/t25-,26+,29+,32+/m1/s1. The van der Waals surface area contributed by atoms with Gasteiger partial charge in [-0.1, -0.05) is 62.3 Å². The van der Waals surface area contributed by atoms with Crippen molar-refractivity contribution in [3.63, 3.8) is 0 Å². The summed E-state index contributed by atoms with van der Waals surface area (Å²) in [5.41, 5.74) is -0.459. The average molecular weight is 571 g/mol. The van der Waals surface area contributed by atoms with Crippen molar-refractivity contribution in [2.24, 2.45) is 17.8 Å². The minimum Gasteiger partial charge on any atom is -0.351 e. The Morgan fingerprint density at radius 2 is 1.68 bits per heavy atom. The monoisotopic (exact) mass is 570 g/mol. The fourth-order valence-corrected chi connectivity index (χ4v) is 8.41. The number of piperidine rings is 2. The number of nitrogens with zero attached hydrogens (tertiary/aromatic N) is 1. The van der Waals surface area contributed by atoms with Crippen LogP contribution in [0.3, 0.4) is 0 Å². The molecular weight excluding hydrogens is 524 g/mol. The molecule has 4 fully saturated rings. The van der Waals surface area contributed by atoms with Gasteiger partial charge >= 0.3 is 0 Å². The number of likely N-dealkylation sites (tertiary alicyclic amines) is 1. The van der Waals surface area contributed by atoms with Crippen molar-refractivity contribution >= 4 is 29.7 Å². The molecule has 0 aromatic heterocycles. The largest absolute Gasteiger partial charge is 0.351 e. The van der Waals surface area contributed by atoms with Crippen molar-refractivity contribution in [2.45, 2.75) is 108 Å². The molecule has 4 atom stereocenters. The Kier molecular flexibility index (Phi) is 9.53. The molecule has 1 aromatic rings. The highest BCUT2D eigenvalue weighted by Crippen LogP contribution is 2.41. The number of benzene rings is 1. The van der Waals surface area contributed by atoms with Crippen LogP contribution < -0.4 is 16.0 Å². The maximum absolute atomic E-state index is 13.8. The van der Waals surface area contributed by atoms with E-state index in [1.54, 1.807) is 6.92 Å². The maximum atomic E-state index is 13.8. The van der Waals surface area contributed by atoms with E-state index in [-0.39, 0.29) is 23.4 Å². The maximum Gasteiger partial charge on any atom is 0.238 e. The summed E-state index contributed by atoms with van der Waals surface area (Å²) in [7, 11) is 0. The minimum atomic E-state index is -1.16. The first-order valence-corrected chi connectivity index (χ1v) is 16.0. The smallest absolute Gasteiger partial charge is 0.238 e. The summed E-state index contributed by atoms with van der Waals surface area (Å²) in [4.78, 5) is 41.4. The number of nitrogens with one attached hydrogen (secondary N) is 3. The third kappa shape index (κ3) is 6.57. The van der Waals surface area contributed by atoms with Gasteiger partial charge in [0.05, 0.1) is 6.04 Å². The van der Waals surface area contributed by atoms with Crippen molar-refractivity contribution < 1.29 is 14.4 Å². The summed E-state index contributed by atoms with van der Waals surface area (Å²) in [5.74, 6) is 1.62. The van der Waals surface area contributed by atoms with E-state index in [0.29, 0.717) is 42.3 Å². The van der Waals surface area contributed by atoms with Crippen LogP contribution >= 0.6 is 11.6 Å². The molecule has 8 heteroatoms. The number of hydrogen-bond acceptors (Lipinski definition) is 5. The van der Waals surface area contributed by atoms with E-state index in [1.807, 2.05) is 24.3 Å². The van der Waals surface area contributed by atoms with E-state index >= 15 is 0 Å². The van der Waals surface area contributed by atoms with Gasteiger partial charge in [0.25, 0.3) is 0 Å². The van der Waals surface area contributed by atoms with Gasteiger partial charge in [-0.25, -0.2) is 0 Å². The summed E-state index contributed by atoms with van der Waals surface area (Å²) in [5, 5.41) is 10.8. The quantitative estimate of drug-likeness (QED) is 0.397. The molecule has 0 radical (unpaired) electrons. The molecule has 0 spiro atoms. The highest BCUT2D eigenvalue weighted by molar-refractivity contribution is 6.30. The third-order valence-electron chi connectivity index (χ3n) is 10.5. The lowest BCUT2D eigenvalue weighted by Crippen LogP contribution is -2.70. The molecule has 40 heavy (non-hydrogen) atoms. The Morgan fingerprint density at radius 3 is 2.33 bits per heavy atom. The summed E-state index contributed by atoms with van der Waals surface area (Å²) in [6.07, 6.45) is 14.6. The van der Waals surface area contributed by atoms with Crippen LogP contribution in [0.15, 0.2) is 24.3 Å². The number of fused-ring (bicyclic) bond motifs is 1. The molecule has 2 aliphatic heterocycles. The van der Waals surface area contributed by atoms with Gasteiger partial charge in [0.15, 0.2) is 11.9 Å². The van der Waals surface area contributed by atoms with Gasteiger partial charge in [0.1, 0.15) is 0 Å². The Morgan fingerprint density at radius 1 is 1.02 bits per heavy atom. The molecule has 4 aliphatic rings. The van der Waals surface area contributed by atoms with Gasteiger partial charge in [-0.05, 0) is 80.5 Å². The topological polar surface area (TPSA) is 90.5 Å². The zero-order valence-electron chi connectivity index (χ0n) is 24.1. The van der Waals surface area contributed by atoms with Crippen molar-refractivity contribution in [1.29, 1.82) is 0 Å². The van der Waals surface area contributed by atoms with Crippen LogP contribution in [-0.4, -0.2) is 59.9 Å². The molecule has 2 aliphatic carbocycles. The van der Waals surface area contributed by atoms with Crippen molar-refractivity contribution in [2.75, 3.05) is 19.6 Å². The minimum absolute atomic E-state index is 0.0135. The normalized spacial score (nSPS) is 29.0. The SMILES string of the molecule is CC(=O)NC1(C2CCCCC2)CCN([C@](C=O)(Cc2ccc(Cl)cc2)NC(=O)[C@@H]2C[C@H]3CCCC[C@H]3CN2)CC1. The number of amides is 2. The first-order valence-electron chi connectivity index (χ1n) is 15.6. The van der Waals surface area contributed by atoms with E-state index in [9.17, 15) is 14.4 Å². The highest BCUT2D eigenvalue weighted by atomic mass is 35.5. The van der Waals surface area contributed by atoms with Gasteiger partial charge in [-0.15, -0.1) is 0 Å². The molecule has 5 rings (SSSR count). The van der Waals surface area contributed by atoms with E-state index in [1.165, 1.54) is 44.9 Å². The van der Waals surface area contributed by atoms with Gasteiger partial charge in [-0.3, -0.25) is 19.3 Å². The second-order valence-electron chi connectivity index (χ2n) is 13.0. The molecule has 2 saturated carbocycles. The molecule has 1 aromatic carbocycles. The first-order chi connectivity index (χ1) is 19.3. The molecule has 220 valence electrons. The Balaban J connectivity index is 1.36. The fraction of sp³-hybridized carbons (Fsp3) is 0.719. The summed E-state index contributed by atoms with van der Waals surface area (Å²) in [6.45, 7) is 3.75. The lowest BCUT2D eigenvalue weighted by atomic mass is 9.69. The predicted octanol–water partition coefficient (Wildman–Crippen LogP) is 4.61. The Bertz CT molecular complexity index is 1040. The number of halogens is 1. The van der Waals surface area contributed by atoms with E-state index in [4.69, 9.17) is 11.6 Å². The fourth-order valence-electron chi connectivity index (χ4n) is 8.28. The van der Waals surface area contributed by atoms with Crippen LogP contribution in [0.1, 0.15) is 89.5 Å². The van der Waals surface area contributed by atoms with Crippen LogP contribution in [0.4, 0.5) is 0 Å². The summed E-state index contributed by atoms with van der Waals surface area (Å²) >= 11 is 6.16. The molecule has 2 saturated heterocycles. The number of hydrogen-bond donors (Lipinski definition) is 3. The van der Waals surface area contributed by atoms with E-state index in [0.717, 1.165) is 50.5 Å². The van der Waals surface area contributed by atoms with Crippen molar-refractivity contribution in [1.82, 2.24) is 20.9 Å². The van der Waals surface area contributed by atoms with Crippen molar-refractivity contribution in [3.8, 4) is 0 Å². The number of aldehydes is 1. The van der Waals surface area contributed by atoms with Crippen LogP contribution in [-0.2, 0) is 20.8 Å². The van der Waals surface area contributed by atoms with Crippen LogP contribution in [0, 0.1) is 17.8 Å². The number of rotatable bonds is 8. The second-order valence-corrected chi connectivity index (χ2v) is 13.4. The van der Waals surface area contributed by atoms with Crippen LogP contribution in [0.2, 0.25) is 5.02 Å². The molecule has 7 nitrogen and oxygen atoms in total. The summed E-state index contributed by atoms with van der Waals surface area (Å²) in [6, 6.07) is 7.26. The van der Waals surface area contributed by atoms with Crippen LogP contribution in [0.5, 0.6) is 0 Å². The van der Waals surface area contributed by atoms with Crippen LogP contribution in [0.25, 0.3) is 0 Å². The predicted molar refractivity (Wildman–Crippen MR) is 158 cm³/mol. The third-order valence-corrected chi connectivity index (χ3v) is 10.8. The van der Waals surface area contributed by atoms with Gasteiger partial charge in [0.2, 0.25) is 11.8 Å². The lowest BCUT2D eigenvalue weighted by molar-refractivity contribution is -0.137. The molecule has 3 N–H and O–H groups in total. The Labute approximate surface area is 244 Å². The molecule has 0 unspecified atom stereocenters.